The number of guanidine groups is 1. The van der Waals surface area contributed by atoms with E-state index < -0.39 is 11.7 Å². The molecule has 1 aliphatic heterocycles. The Balaban J connectivity index is 1.71. The number of anilines is 1. The molecule has 29 heavy (non-hydrogen) atoms. The van der Waals surface area contributed by atoms with E-state index in [1.54, 1.807) is 0 Å². The summed E-state index contributed by atoms with van der Waals surface area (Å²) in [6.07, 6.45) is 0.672. The Morgan fingerprint density at radius 1 is 1.24 bits per heavy atom. The summed E-state index contributed by atoms with van der Waals surface area (Å²) in [4.78, 5) is 10.9. The number of hydrogen-bond acceptors (Lipinski definition) is 4. The van der Waals surface area contributed by atoms with Crippen molar-refractivity contribution in [3.05, 3.63) is 23.9 Å². The van der Waals surface area contributed by atoms with E-state index in [1.165, 1.54) is 19.0 Å². The van der Waals surface area contributed by atoms with Gasteiger partial charge in [-0.2, -0.15) is 13.2 Å². The zero-order valence-electron chi connectivity index (χ0n) is 17.4. The fourth-order valence-electron chi connectivity index (χ4n) is 3.28. The topological polar surface area (TPSA) is 64.6 Å². The molecule has 1 aromatic heterocycles. The van der Waals surface area contributed by atoms with Crippen molar-refractivity contribution >= 4 is 11.8 Å². The van der Waals surface area contributed by atoms with Crippen LogP contribution in [0.5, 0.6) is 0 Å². The van der Waals surface area contributed by atoms with Gasteiger partial charge in [0.25, 0.3) is 0 Å². The summed E-state index contributed by atoms with van der Waals surface area (Å²) < 4.78 is 37.6. The Labute approximate surface area is 171 Å². The molecule has 6 nitrogen and oxygen atoms in total. The van der Waals surface area contributed by atoms with Crippen molar-refractivity contribution in [2.45, 2.75) is 51.7 Å². The van der Waals surface area contributed by atoms with Gasteiger partial charge >= 0.3 is 6.18 Å². The summed E-state index contributed by atoms with van der Waals surface area (Å²) in [5.74, 6) is 1.26. The van der Waals surface area contributed by atoms with Gasteiger partial charge in [0.05, 0.1) is 5.56 Å². The van der Waals surface area contributed by atoms with Gasteiger partial charge in [-0.3, -0.25) is 4.99 Å². The number of nitrogens with one attached hydrogen (secondary N) is 3. The lowest BCUT2D eigenvalue weighted by molar-refractivity contribution is -0.137. The smallest absolute Gasteiger partial charge is 0.370 e. The van der Waals surface area contributed by atoms with Crippen LogP contribution in [0.15, 0.2) is 23.3 Å². The van der Waals surface area contributed by atoms with Crippen molar-refractivity contribution in [2.75, 3.05) is 44.6 Å². The highest BCUT2D eigenvalue weighted by Crippen LogP contribution is 2.28. The molecule has 3 N–H and O–H groups in total. The van der Waals surface area contributed by atoms with Crippen LogP contribution >= 0.6 is 0 Å². The molecule has 0 radical (unpaired) electrons. The molecule has 0 aromatic carbocycles. The molecule has 9 heteroatoms. The van der Waals surface area contributed by atoms with Gasteiger partial charge in [-0.1, -0.05) is 6.92 Å². The van der Waals surface area contributed by atoms with Crippen LogP contribution in [-0.2, 0) is 6.18 Å². The van der Waals surface area contributed by atoms with Crippen LogP contribution in [-0.4, -0.2) is 61.2 Å². The van der Waals surface area contributed by atoms with Crippen LogP contribution in [0.1, 0.15) is 45.1 Å². The predicted molar refractivity (Wildman–Crippen MR) is 111 cm³/mol. The van der Waals surface area contributed by atoms with E-state index in [0.29, 0.717) is 24.9 Å². The lowest BCUT2D eigenvalue weighted by Gasteiger charge is -2.32. The van der Waals surface area contributed by atoms with Gasteiger partial charge in [0, 0.05) is 45.0 Å². The third-order valence-corrected chi connectivity index (χ3v) is 4.81. The Morgan fingerprint density at radius 3 is 2.59 bits per heavy atom. The zero-order valence-corrected chi connectivity index (χ0v) is 17.4. The van der Waals surface area contributed by atoms with Crippen molar-refractivity contribution in [3.8, 4) is 0 Å². The summed E-state index contributed by atoms with van der Waals surface area (Å²) in [5.41, 5.74) is -0.741. The van der Waals surface area contributed by atoms with E-state index in [-0.39, 0.29) is 0 Å². The summed E-state index contributed by atoms with van der Waals surface area (Å²) in [6, 6.07) is 2.82. The Kier molecular flexibility index (Phi) is 9.50. The highest BCUT2D eigenvalue weighted by atomic mass is 19.4. The third kappa shape index (κ3) is 8.47. The fourth-order valence-corrected chi connectivity index (χ4v) is 3.28. The lowest BCUT2D eigenvalue weighted by Crippen LogP contribution is -2.48. The number of pyridine rings is 1. The van der Waals surface area contributed by atoms with Crippen molar-refractivity contribution in [1.29, 1.82) is 0 Å². The maximum Gasteiger partial charge on any atom is 0.417 e. The highest BCUT2D eigenvalue weighted by Gasteiger charge is 2.30. The second-order valence-corrected chi connectivity index (χ2v) is 7.23. The largest absolute Gasteiger partial charge is 0.417 e. The number of aliphatic imine (C=N–C) groups is 1. The zero-order chi connectivity index (χ0) is 21.1. The Morgan fingerprint density at radius 2 is 2.00 bits per heavy atom. The SMILES string of the molecule is CCCN1CCC(NC(=NCCCNc2ccc(C(F)(F)F)cn2)NCC)CC1. The molecule has 2 heterocycles. The third-order valence-electron chi connectivity index (χ3n) is 4.81. The number of piperidine rings is 1. The molecule has 1 aliphatic rings. The van der Waals surface area contributed by atoms with Crippen molar-refractivity contribution < 1.29 is 13.2 Å². The number of likely N-dealkylation sites (tertiary alicyclic amines) is 1. The summed E-state index contributed by atoms with van der Waals surface area (Å²) in [7, 11) is 0. The maximum absolute atomic E-state index is 12.5. The molecule has 0 unspecified atom stereocenters. The van der Waals surface area contributed by atoms with Gasteiger partial charge in [-0.15, -0.1) is 0 Å². The monoisotopic (exact) mass is 414 g/mol. The number of nitrogens with zero attached hydrogens (tertiary/aromatic N) is 3. The van der Waals surface area contributed by atoms with Crippen LogP contribution in [0.2, 0.25) is 0 Å². The minimum absolute atomic E-state index is 0.436. The minimum atomic E-state index is -4.36. The van der Waals surface area contributed by atoms with E-state index in [1.807, 2.05) is 6.92 Å². The standard InChI is InChI=1S/C20H33F3N6/c1-3-12-29-13-8-17(9-14-29)28-19(24-4-2)26-11-5-10-25-18-7-6-16(15-27-18)20(21,22)23/h6-7,15,17H,3-5,8-14H2,1-2H3,(H,25,27)(H2,24,26,28). The van der Waals surface area contributed by atoms with Crippen LogP contribution < -0.4 is 16.0 Å². The van der Waals surface area contributed by atoms with Crippen molar-refractivity contribution in [3.63, 3.8) is 0 Å². The van der Waals surface area contributed by atoms with Gasteiger partial charge < -0.3 is 20.9 Å². The van der Waals surface area contributed by atoms with E-state index in [9.17, 15) is 13.2 Å². The van der Waals surface area contributed by atoms with Crippen molar-refractivity contribution in [1.82, 2.24) is 20.5 Å². The van der Waals surface area contributed by atoms with E-state index >= 15 is 0 Å². The molecular weight excluding hydrogens is 381 g/mol. The molecule has 0 bridgehead atoms. The molecule has 164 valence electrons. The quantitative estimate of drug-likeness (QED) is 0.329. The minimum Gasteiger partial charge on any atom is -0.370 e. The van der Waals surface area contributed by atoms with Gasteiger partial charge in [-0.25, -0.2) is 4.98 Å². The number of rotatable bonds is 9. The highest BCUT2D eigenvalue weighted by molar-refractivity contribution is 5.80. The predicted octanol–water partition coefficient (Wildman–Crippen LogP) is 3.33. The van der Waals surface area contributed by atoms with E-state index in [0.717, 1.165) is 57.1 Å². The average Bonchev–Trinajstić information content (AvgIpc) is 2.69. The Bertz CT molecular complexity index is 610. The molecule has 0 aliphatic carbocycles. The maximum atomic E-state index is 12.5. The molecular formula is C20H33F3N6. The number of alkyl halides is 3. The number of halogens is 3. The number of aromatic nitrogens is 1. The summed E-state index contributed by atoms with van der Waals surface area (Å²) in [5, 5.41) is 9.84. The fraction of sp³-hybridized carbons (Fsp3) is 0.700. The van der Waals surface area contributed by atoms with Crippen LogP contribution in [0, 0.1) is 0 Å². The summed E-state index contributed by atoms with van der Waals surface area (Å²) in [6.45, 7) is 9.68. The van der Waals surface area contributed by atoms with Gasteiger partial charge in [0.15, 0.2) is 5.96 Å². The molecule has 1 fully saturated rings. The van der Waals surface area contributed by atoms with Gasteiger partial charge in [-0.05, 0) is 51.3 Å². The first kappa shape index (κ1) is 23.3. The molecule has 0 spiro atoms. The molecule has 1 aromatic rings. The molecule has 0 amide bonds. The van der Waals surface area contributed by atoms with Gasteiger partial charge in [0.1, 0.15) is 5.82 Å². The first-order valence-corrected chi connectivity index (χ1v) is 10.5. The molecule has 1 saturated heterocycles. The first-order chi connectivity index (χ1) is 13.9. The normalized spacial score (nSPS) is 16.7. The van der Waals surface area contributed by atoms with Crippen LogP contribution in [0.25, 0.3) is 0 Å². The van der Waals surface area contributed by atoms with Crippen molar-refractivity contribution in [2.24, 2.45) is 4.99 Å². The summed E-state index contributed by atoms with van der Waals surface area (Å²) >= 11 is 0. The average molecular weight is 415 g/mol. The second kappa shape index (κ2) is 11.8. The first-order valence-electron chi connectivity index (χ1n) is 10.5. The second-order valence-electron chi connectivity index (χ2n) is 7.23. The van der Waals surface area contributed by atoms with Gasteiger partial charge in [0.2, 0.25) is 0 Å². The van der Waals surface area contributed by atoms with E-state index in [4.69, 9.17) is 0 Å². The molecule has 2 rings (SSSR count). The molecule has 0 atom stereocenters. The van der Waals surface area contributed by atoms with E-state index in [2.05, 4.69) is 37.8 Å². The molecule has 0 saturated carbocycles. The van der Waals surface area contributed by atoms with Crippen LogP contribution in [0.3, 0.4) is 0 Å². The van der Waals surface area contributed by atoms with Crippen LogP contribution in [0.4, 0.5) is 19.0 Å². The Hall–Kier alpha value is -2.03. The lowest BCUT2D eigenvalue weighted by atomic mass is 10.1. The number of hydrogen-bond donors (Lipinski definition) is 3.